The number of fused-ring (bicyclic) bond motifs is 1. The fraction of sp³-hybridized carbons (Fsp3) is 0.0833. The number of rotatable bonds is 5. The molecule has 2 aromatic heterocycles. The molecule has 2 heterocycles. The summed E-state index contributed by atoms with van der Waals surface area (Å²) in [6.07, 6.45) is 1.60. The average molecular weight is 381 g/mol. The first-order chi connectivity index (χ1) is 14.1. The third kappa shape index (κ3) is 3.89. The first-order valence-electron chi connectivity index (χ1n) is 9.31. The van der Waals surface area contributed by atoms with Gasteiger partial charge in [0.1, 0.15) is 6.04 Å². The molecule has 1 amide bonds. The normalized spacial score (nSPS) is 11.8. The maximum Gasteiger partial charge on any atom is 0.252 e. The zero-order valence-electron chi connectivity index (χ0n) is 15.9. The lowest BCUT2D eigenvalue weighted by molar-refractivity contribution is -0.119. The molecule has 4 aromatic rings. The minimum absolute atomic E-state index is 0.182. The summed E-state index contributed by atoms with van der Waals surface area (Å²) < 4.78 is 0. The van der Waals surface area contributed by atoms with Crippen LogP contribution in [0.3, 0.4) is 0 Å². The maximum absolute atomic E-state index is 13.2. The van der Waals surface area contributed by atoms with E-state index in [1.807, 2.05) is 54.6 Å². The van der Waals surface area contributed by atoms with Crippen molar-refractivity contribution < 1.29 is 9.59 Å². The van der Waals surface area contributed by atoms with Gasteiger partial charge in [-0.1, -0.05) is 54.6 Å². The highest BCUT2D eigenvalue weighted by atomic mass is 16.2. The second-order valence-corrected chi connectivity index (χ2v) is 6.71. The van der Waals surface area contributed by atoms with E-state index >= 15 is 0 Å². The Morgan fingerprint density at radius 3 is 2.34 bits per heavy atom. The van der Waals surface area contributed by atoms with E-state index in [1.54, 1.807) is 30.5 Å². The third-order valence-electron chi connectivity index (χ3n) is 4.70. The van der Waals surface area contributed by atoms with Gasteiger partial charge in [0.25, 0.3) is 5.91 Å². The van der Waals surface area contributed by atoms with E-state index in [2.05, 4.69) is 10.3 Å². The summed E-state index contributed by atoms with van der Waals surface area (Å²) in [5.74, 6) is -0.523. The van der Waals surface area contributed by atoms with E-state index in [9.17, 15) is 9.59 Å². The predicted molar refractivity (Wildman–Crippen MR) is 112 cm³/mol. The molecule has 142 valence electrons. The largest absolute Gasteiger partial charge is 0.337 e. The quantitative estimate of drug-likeness (QED) is 0.558. The molecule has 1 atom stereocenters. The summed E-state index contributed by atoms with van der Waals surface area (Å²) in [7, 11) is 0. The summed E-state index contributed by atoms with van der Waals surface area (Å²) in [6, 6.07) is 23.4. The Morgan fingerprint density at radius 2 is 1.62 bits per heavy atom. The van der Waals surface area contributed by atoms with Gasteiger partial charge in [-0.25, -0.2) is 4.98 Å². The molecule has 1 unspecified atom stereocenters. The Labute approximate surface area is 168 Å². The van der Waals surface area contributed by atoms with Gasteiger partial charge in [0.15, 0.2) is 5.78 Å². The Hall–Kier alpha value is -3.86. The SMILES string of the molecule is CC(=O)C(NC(=O)c1cc(-c2ccccc2)nc2ccccc12)c1ccccn1. The predicted octanol–water partition coefficient (Wildman–Crippen LogP) is 4.36. The monoisotopic (exact) mass is 381 g/mol. The molecule has 4 rings (SSSR count). The van der Waals surface area contributed by atoms with Gasteiger partial charge in [0, 0.05) is 17.1 Å². The fourth-order valence-corrected chi connectivity index (χ4v) is 3.26. The molecule has 2 aromatic carbocycles. The van der Waals surface area contributed by atoms with Crippen molar-refractivity contribution >= 4 is 22.6 Å². The van der Waals surface area contributed by atoms with Crippen LogP contribution in [0.5, 0.6) is 0 Å². The summed E-state index contributed by atoms with van der Waals surface area (Å²) in [6.45, 7) is 1.44. The van der Waals surface area contributed by atoms with E-state index < -0.39 is 6.04 Å². The van der Waals surface area contributed by atoms with Crippen molar-refractivity contribution in [2.45, 2.75) is 13.0 Å². The topological polar surface area (TPSA) is 72.0 Å². The van der Waals surface area contributed by atoms with Crippen molar-refractivity contribution in [1.82, 2.24) is 15.3 Å². The number of hydrogen-bond donors (Lipinski definition) is 1. The number of amides is 1. The van der Waals surface area contributed by atoms with Crippen molar-refractivity contribution in [3.05, 3.63) is 96.3 Å². The molecule has 0 saturated carbocycles. The van der Waals surface area contributed by atoms with Gasteiger partial charge < -0.3 is 5.32 Å². The lowest BCUT2D eigenvalue weighted by atomic mass is 10.0. The molecular formula is C24H19N3O2. The number of para-hydroxylation sites is 1. The molecule has 0 bridgehead atoms. The number of carbonyl (C=O) groups excluding carboxylic acids is 2. The van der Waals surface area contributed by atoms with Crippen LogP contribution in [0.2, 0.25) is 0 Å². The molecule has 0 saturated heterocycles. The fourth-order valence-electron chi connectivity index (χ4n) is 3.26. The molecule has 1 N–H and O–H groups in total. The molecule has 0 fully saturated rings. The molecule has 0 spiro atoms. The summed E-state index contributed by atoms with van der Waals surface area (Å²) in [5.41, 5.74) is 3.31. The third-order valence-corrected chi connectivity index (χ3v) is 4.70. The van der Waals surface area contributed by atoms with Crippen LogP contribution in [0.1, 0.15) is 29.0 Å². The van der Waals surface area contributed by atoms with Crippen molar-refractivity contribution in [2.75, 3.05) is 0 Å². The van der Waals surface area contributed by atoms with Gasteiger partial charge in [-0.05, 0) is 31.2 Å². The number of benzene rings is 2. The lowest BCUT2D eigenvalue weighted by Crippen LogP contribution is -2.33. The molecule has 29 heavy (non-hydrogen) atoms. The molecule has 5 nitrogen and oxygen atoms in total. The number of aromatic nitrogens is 2. The minimum atomic E-state index is -0.809. The van der Waals surface area contributed by atoms with Crippen LogP contribution in [0.4, 0.5) is 0 Å². The van der Waals surface area contributed by atoms with Crippen LogP contribution in [0.15, 0.2) is 85.1 Å². The van der Waals surface area contributed by atoms with Crippen molar-refractivity contribution in [3.63, 3.8) is 0 Å². The van der Waals surface area contributed by atoms with Gasteiger partial charge in [0.05, 0.1) is 22.5 Å². The summed E-state index contributed by atoms with van der Waals surface area (Å²) in [4.78, 5) is 34.3. The highest BCUT2D eigenvalue weighted by Crippen LogP contribution is 2.25. The molecule has 0 aliphatic rings. The first kappa shape index (κ1) is 18.5. The molecular weight excluding hydrogens is 362 g/mol. The summed E-state index contributed by atoms with van der Waals surface area (Å²) >= 11 is 0. The van der Waals surface area contributed by atoms with E-state index in [4.69, 9.17) is 4.98 Å². The van der Waals surface area contributed by atoms with Gasteiger partial charge in [-0.3, -0.25) is 14.6 Å². The highest BCUT2D eigenvalue weighted by Gasteiger charge is 2.22. The van der Waals surface area contributed by atoms with Crippen molar-refractivity contribution in [2.24, 2.45) is 0 Å². The van der Waals surface area contributed by atoms with Crippen LogP contribution >= 0.6 is 0 Å². The van der Waals surface area contributed by atoms with Crippen LogP contribution in [0.25, 0.3) is 22.2 Å². The number of carbonyl (C=O) groups is 2. The van der Waals surface area contributed by atoms with Gasteiger partial charge >= 0.3 is 0 Å². The second-order valence-electron chi connectivity index (χ2n) is 6.71. The maximum atomic E-state index is 13.2. The van der Waals surface area contributed by atoms with Gasteiger partial charge in [-0.15, -0.1) is 0 Å². The minimum Gasteiger partial charge on any atom is -0.337 e. The number of Topliss-reactive ketones (excluding diaryl/α,β-unsaturated/α-hetero) is 1. The number of ketones is 1. The molecule has 0 radical (unpaired) electrons. The molecule has 0 aliphatic heterocycles. The van der Waals surface area contributed by atoms with Gasteiger partial charge in [0.2, 0.25) is 0 Å². The second kappa shape index (κ2) is 8.02. The van der Waals surface area contributed by atoms with Crippen LogP contribution in [0, 0.1) is 0 Å². The van der Waals surface area contributed by atoms with Gasteiger partial charge in [-0.2, -0.15) is 0 Å². The van der Waals surface area contributed by atoms with E-state index in [0.717, 1.165) is 16.5 Å². The number of hydrogen-bond acceptors (Lipinski definition) is 4. The van der Waals surface area contributed by atoms with Crippen LogP contribution in [-0.4, -0.2) is 21.7 Å². The first-order valence-corrected chi connectivity index (χ1v) is 9.31. The Balaban J connectivity index is 1.78. The van der Waals surface area contributed by atoms with E-state index in [-0.39, 0.29) is 11.7 Å². The molecule has 5 heteroatoms. The Bertz CT molecular complexity index is 1170. The van der Waals surface area contributed by atoms with Crippen molar-refractivity contribution in [1.29, 1.82) is 0 Å². The summed E-state index contributed by atoms with van der Waals surface area (Å²) in [5, 5.41) is 3.57. The van der Waals surface area contributed by atoms with Crippen molar-refractivity contribution in [3.8, 4) is 11.3 Å². The number of nitrogens with zero attached hydrogens (tertiary/aromatic N) is 2. The molecule has 0 aliphatic carbocycles. The lowest BCUT2D eigenvalue weighted by Gasteiger charge is -2.17. The smallest absolute Gasteiger partial charge is 0.252 e. The average Bonchev–Trinajstić information content (AvgIpc) is 2.77. The number of pyridine rings is 2. The Kier molecular flexibility index (Phi) is 5.12. The van der Waals surface area contributed by atoms with Crippen LogP contribution in [-0.2, 0) is 4.79 Å². The van der Waals surface area contributed by atoms with E-state index in [1.165, 1.54) is 6.92 Å². The van der Waals surface area contributed by atoms with Crippen LogP contribution < -0.4 is 5.32 Å². The Morgan fingerprint density at radius 1 is 0.897 bits per heavy atom. The number of nitrogens with one attached hydrogen (secondary N) is 1. The highest BCUT2D eigenvalue weighted by molar-refractivity contribution is 6.08. The zero-order chi connectivity index (χ0) is 20.2. The standard InChI is InChI=1S/C24H19N3O2/c1-16(28)23(21-13-7-8-14-25-21)27-24(29)19-15-22(17-9-3-2-4-10-17)26-20-12-6-5-11-18(19)20/h2-15,23H,1H3,(H,27,29). The zero-order valence-corrected chi connectivity index (χ0v) is 15.9. The van der Waals surface area contributed by atoms with E-state index in [0.29, 0.717) is 17.0 Å².